The number of rotatable bonds is 3. The number of hydrogen-bond donors (Lipinski definition) is 1. The summed E-state index contributed by atoms with van der Waals surface area (Å²) in [6.45, 7) is 1.96. The van der Waals surface area contributed by atoms with Crippen molar-refractivity contribution in [3.63, 3.8) is 0 Å². The summed E-state index contributed by atoms with van der Waals surface area (Å²) in [5, 5.41) is 9.97. The predicted molar refractivity (Wildman–Crippen MR) is 66.1 cm³/mol. The SMILES string of the molecule is CCc1cc(C=O)c(O)c(-c2ccccc2)n1. The van der Waals surface area contributed by atoms with Gasteiger partial charge >= 0.3 is 0 Å². The summed E-state index contributed by atoms with van der Waals surface area (Å²) in [6, 6.07) is 11.0. The molecule has 2 rings (SSSR count). The Bertz CT molecular complexity index is 535. The number of pyridine rings is 1. The van der Waals surface area contributed by atoms with E-state index in [2.05, 4.69) is 4.98 Å². The summed E-state index contributed by atoms with van der Waals surface area (Å²) < 4.78 is 0. The maximum atomic E-state index is 10.9. The number of benzene rings is 1. The average Bonchev–Trinajstić information content (AvgIpc) is 2.40. The van der Waals surface area contributed by atoms with E-state index >= 15 is 0 Å². The largest absolute Gasteiger partial charge is 0.505 e. The maximum Gasteiger partial charge on any atom is 0.153 e. The number of carbonyl (C=O) groups is 1. The molecular weight excluding hydrogens is 214 g/mol. The Kier molecular flexibility index (Phi) is 3.19. The van der Waals surface area contributed by atoms with Crippen LogP contribution in [0.1, 0.15) is 23.0 Å². The highest BCUT2D eigenvalue weighted by Gasteiger charge is 2.12. The van der Waals surface area contributed by atoms with E-state index < -0.39 is 0 Å². The lowest BCUT2D eigenvalue weighted by molar-refractivity contribution is 0.112. The van der Waals surface area contributed by atoms with E-state index in [9.17, 15) is 9.90 Å². The van der Waals surface area contributed by atoms with E-state index in [1.54, 1.807) is 6.07 Å². The van der Waals surface area contributed by atoms with Gasteiger partial charge in [-0.15, -0.1) is 0 Å². The Morgan fingerprint density at radius 1 is 1.29 bits per heavy atom. The molecule has 1 aromatic carbocycles. The van der Waals surface area contributed by atoms with Crippen molar-refractivity contribution in [2.75, 3.05) is 0 Å². The minimum Gasteiger partial charge on any atom is -0.505 e. The van der Waals surface area contributed by atoms with Gasteiger partial charge in [-0.1, -0.05) is 37.3 Å². The first-order chi connectivity index (χ1) is 8.26. The molecule has 0 bridgehead atoms. The van der Waals surface area contributed by atoms with Crippen molar-refractivity contribution < 1.29 is 9.90 Å². The number of aldehydes is 1. The van der Waals surface area contributed by atoms with Gasteiger partial charge in [-0.2, -0.15) is 0 Å². The van der Waals surface area contributed by atoms with Gasteiger partial charge in [0.05, 0.1) is 5.56 Å². The van der Waals surface area contributed by atoms with Crippen LogP contribution in [-0.4, -0.2) is 16.4 Å². The standard InChI is InChI=1S/C14H13NO2/c1-2-12-8-11(9-16)14(17)13(15-12)10-6-4-3-5-7-10/h3-9,17H,2H2,1H3. The van der Waals surface area contributed by atoms with E-state index in [1.807, 2.05) is 37.3 Å². The highest BCUT2D eigenvalue weighted by atomic mass is 16.3. The maximum absolute atomic E-state index is 10.9. The van der Waals surface area contributed by atoms with Gasteiger partial charge < -0.3 is 5.11 Å². The van der Waals surface area contributed by atoms with E-state index in [0.717, 1.165) is 17.7 Å². The van der Waals surface area contributed by atoms with E-state index in [0.29, 0.717) is 12.0 Å². The van der Waals surface area contributed by atoms with Crippen LogP contribution in [0.4, 0.5) is 0 Å². The quantitative estimate of drug-likeness (QED) is 0.820. The van der Waals surface area contributed by atoms with Crippen LogP contribution in [0.5, 0.6) is 5.75 Å². The molecule has 0 aliphatic heterocycles. The lowest BCUT2D eigenvalue weighted by Crippen LogP contribution is -1.95. The first-order valence-electron chi connectivity index (χ1n) is 5.49. The van der Waals surface area contributed by atoms with Crippen LogP contribution in [0.15, 0.2) is 36.4 Å². The van der Waals surface area contributed by atoms with Gasteiger partial charge in [-0.25, -0.2) is 4.98 Å². The second kappa shape index (κ2) is 4.78. The Morgan fingerprint density at radius 2 is 2.00 bits per heavy atom. The predicted octanol–water partition coefficient (Wildman–Crippen LogP) is 2.83. The van der Waals surface area contributed by atoms with Crippen LogP contribution in [-0.2, 0) is 6.42 Å². The number of nitrogens with zero attached hydrogens (tertiary/aromatic N) is 1. The summed E-state index contributed by atoms with van der Waals surface area (Å²) in [7, 11) is 0. The van der Waals surface area contributed by atoms with Gasteiger partial charge in [0, 0.05) is 11.3 Å². The molecule has 0 aliphatic carbocycles. The third-order valence-corrected chi connectivity index (χ3v) is 2.61. The highest BCUT2D eigenvalue weighted by Crippen LogP contribution is 2.30. The molecule has 3 heteroatoms. The number of aromatic hydroxyl groups is 1. The van der Waals surface area contributed by atoms with Crippen LogP contribution in [0.3, 0.4) is 0 Å². The topological polar surface area (TPSA) is 50.2 Å². The normalized spacial score (nSPS) is 10.2. The fourth-order valence-electron chi connectivity index (χ4n) is 1.68. The van der Waals surface area contributed by atoms with E-state index in [4.69, 9.17) is 0 Å². The van der Waals surface area contributed by atoms with Crippen molar-refractivity contribution in [1.82, 2.24) is 4.98 Å². The smallest absolute Gasteiger partial charge is 0.153 e. The number of carbonyl (C=O) groups excluding carboxylic acids is 1. The summed E-state index contributed by atoms with van der Waals surface area (Å²) in [4.78, 5) is 15.3. The molecule has 86 valence electrons. The molecule has 0 aliphatic rings. The van der Waals surface area contributed by atoms with Crippen LogP contribution in [0.25, 0.3) is 11.3 Å². The second-order valence-electron chi connectivity index (χ2n) is 3.74. The first kappa shape index (κ1) is 11.3. The Hall–Kier alpha value is -2.16. The van der Waals surface area contributed by atoms with Gasteiger partial charge in [0.25, 0.3) is 0 Å². The lowest BCUT2D eigenvalue weighted by Gasteiger charge is -2.08. The molecule has 1 aromatic heterocycles. The zero-order valence-electron chi connectivity index (χ0n) is 9.55. The Morgan fingerprint density at radius 3 is 2.59 bits per heavy atom. The molecule has 0 radical (unpaired) electrons. The van der Waals surface area contributed by atoms with Gasteiger partial charge in [-0.3, -0.25) is 4.79 Å². The summed E-state index contributed by atoms with van der Waals surface area (Å²) >= 11 is 0. The van der Waals surface area contributed by atoms with Crippen molar-refractivity contribution >= 4 is 6.29 Å². The van der Waals surface area contributed by atoms with Crippen molar-refractivity contribution in [3.05, 3.63) is 47.7 Å². The molecule has 0 fully saturated rings. The number of aryl methyl sites for hydroxylation is 1. The Balaban J connectivity index is 2.64. The second-order valence-corrected chi connectivity index (χ2v) is 3.74. The third-order valence-electron chi connectivity index (χ3n) is 2.61. The fraction of sp³-hybridized carbons (Fsp3) is 0.143. The summed E-state index contributed by atoms with van der Waals surface area (Å²) in [5.41, 5.74) is 2.36. The molecule has 0 saturated carbocycles. The Labute approximate surface area is 99.8 Å². The van der Waals surface area contributed by atoms with Crippen molar-refractivity contribution in [3.8, 4) is 17.0 Å². The molecular formula is C14H13NO2. The zero-order valence-corrected chi connectivity index (χ0v) is 9.55. The van der Waals surface area contributed by atoms with Gasteiger partial charge in [0.2, 0.25) is 0 Å². The monoisotopic (exact) mass is 227 g/mol. The molecule has 0 spiro atoms. The molecule has 0 saturated heterocycles. The van der Waals surface area contributed by atoms with Crippen molar-refractivity contribution in [2.24, 2.45) is 0 Å². The molecule has 0 atom stereocenters. The summed E-state index contributed by atoms with van der Waals surface area (Å²) in [6.07, 6.45) is 1.38. The highest BCUT2D eigenvalue weighted by molar-refractivity contribution is 5.84. The number of aromatic nitrogens is 1. The molecule has 0 amide bonds. The minimum absolute atomic E-state index is 0.0524. The van der Waals surface area contributed by atoms with E-state index in [1.165, 1.54) is 0 Å². The number of hydrogen-bond acceptors (Lipinski definition) is 3. The van der Waals surface area contributed by atoms with Gasteiger partial charge in [-0.05, 0) is 12.5 Å². The first-order valence-corrected chi connectivity index (χ1v) is 5.49. The average molecular weight is 227 g/mol. The van der Waals surface area contributed by atoms with Crippen LogP contribution in [0.2, 0.25) is 0 Å². The molecule has 0 unspecified atom stereocenters. The van der Waals surface area contributed by atoms with Crippen LogP contribution < -0.4 is 0 Å². The summed E-state index contributed by atoms with van der Waals surface area (Å²) in [5.74, 6) is -0.0524. The van der Waals surface area contributed by atoms with Crippen molar-refractivity contribution in [2.45, 2.75) is 13.3 Å². The molecule has 1 heterocycles. The molecule has 1 N–H and O–H groups in total. The van der Waals surface area contributed by atoms with Gasteiger partial charge in [0.1, 0.15) is 5.69 Å². The van der Waals surface area contributed by atoms with Crippen LogP contribution >= 0.6 is 0 Å². The zero-order chi connectivity index (χ0) is 12.3. The fourth-order valence-corrected chi connectivity index (χ4v) is 1.68. The minimum atomic E-state index is -0.0524. The van der Waals surface area contributed by atoms with Gasteiger partial charge in [0.15, 0.2) is 12.0 Å². The molecule has 2 aromatic rings. The van der Waals surface area contributed by atoms with Crippen molar-refractivity contribution in [1.29, 1.82) is 0 Å². The van der Waals surface area contributed by atoms with Crippen LogP contribution in [0, 0.1) is 0 Å². The van der Waals surface area contributed by atoms with E-state index in [-0.39, 0.29) is 11.3 Å². The molecule has 17 heavy (non-hydrogen) atoms. The molecule has 3 nitrogen and oxygen atoms in total. The lowest BCUT2D eigenvalue weighted by atomic mass is 10.1. The third kappa shape index (κ3) is 2.18.